The summed E-state index contributed by atoms with van der Waals surface area (Å²) in [7, 11) is 1.60. The van der Waals surface area contributed by atoms with Gasteiger partial charge in [0.25, 0.3) is 0 Å². The smallest absolute Gasteiger partial charge is 0.223 e. The maximum Gasteiger partial charge on any atom is 0.223 e. The Labute approximate surface area is 215 Å². The Balaban J connectivity index is 1.43. The van der Waals surface area contributed by atoms with E-state index in [1.54, 1.807) is 7.11 Å². The number of carbonyl (C=O) groups is 1. The fourth-order valence-corrected chi connectivity index (χ4v) is 4.68. The van der Waals surface area contributed by atoms with Gasteiger partial charge in [-0.05, 0) is 61.8 Å². The summed E-state index contributed by atoms with van der Waals surface area (Å²) in [5.74, 6) is 2.55. The molecular formula is C26H29ClN6O3. The van der Waals surface area contributed by atoms with Gasteiger partial charge in [0, 0.05) is 41.0 Å². The van der Waals surface area contributed by atoms with Crippen molar-refractivity contribution in [3.8, 4) is 11.5 Å². The molecule has 188 valence electrons. The second-order valence-electron chi connectivity index (χ2n) is 8.90. The Hall–Kier alpha value is -3.56. The Bertz CT molecular complexity index is 1230. The number of aromatic nitrogens is 2. The van der Waals surface area contributed by atoms with Gasteiger partial charge in [-0.2, -0.15) is 0 Å². The fourth-order valence-electron chi connectivity index (χ4n) is 4.50. The number of carbonyl (C=O) groups excluding carboxylic acids is 1. The minimum absolute atomic E-state index is 0.00534. The van der Waals surface area contributed by atoms with E-state index in [9.17, 15) is 4.79 Å². The number of piperidine rings is 1. The molecule has 0 aliphatic carbocycles. The van der Waals surface area contributed by atoms with Crippen LogP contribution in [0.2, 0.25) is 5.02 Å². The van der Waals surface area contributed by atoms with Gasteiger partial charge in [0.05, 0.1) is 13.7 Å². The molecule has 1 saturated heterocycles. The molecule has 36 heavy (non-hydrogen) atoms. The Kier molecular flexibility index (Phi) is 7.39. The van der Waals surface area contributed by atoms with Gasteiger partial charge >= 0.3 is 0 Å². The molecule has 0 radical (unpaired) electrons. The van der Waals surface area contributed by atoms with Crippen molar-refractivity contribution in [1.29, 1.82) is 0 Å². The number of halogens is 1. The standard InChI is InChI=1S/C26H29ClN6O3/c1-35-22-5-3-20-13-23(22)36-11-8-28-26(34)17-6-9-33(10-7-17)15-18-12-19(2-4-21(18)27)31-24-14-25(32-20)30-16-29-24/h2-5,12-14,16-17H,6-11,15H2,1H3,(H,28,34)(H2,29,30,31,32). The van der Waals surface area contributed by atoms with Gasteiger partial charge in [0.1, 0.15) is 24.6 Å². The summed E-state index contributed by atoms with van der Waals surface area (Å²) >= 11 is 6.52. The highest BCUT2D eigenvalue weighted by atomic mass is 35.5. The maximum atomic E-state index is 12.7. The molecule has 1 fully saturated rings. The number of ether oxygens (including phenoxy) is 2. The highest BCUT2D eigenvalue weighted by molar-refractivity contribution is 6.31. The van der Waals surface area contributed by atoms with Gasteiger partial charge < -0.3 is 25.4 Å². The molecule has 0 unspecified atom stereocenters. The third-order valence-electron chi connectivity index (χ3n) is 6.43. The van der Waals surface area contributed by atoms with Crippen molar-refractivity contribution in [3.05, 3.63) is 59.4 Å². The van der Waals surface area contributed by atoms with Crippen LogP contribution in [0.3, 0.4) is 0 Å². The lowest BCUT2D eigenvalue weighted by Gasteiger charge is -2.31. The number of nitrogens with zero attached hydrogens (tertiary/aromatic N) is 3. The maximum absolute atomic E-state index is 12.7. The summed E-state index contributed by atoms with van der Waals surface area (Å²) < 4.78 is 11.4. The number of hydrogen-bond acceptors (Lipinski definition) is 8. The molecule has 8 bridgehead atoms. The molecule has 3 aliphatic heterocycles. The average molecular weight is 509 g/mol. The average Bonchev–Trinajstić information content (AvgIpc) is 2.89. The van der Waals surface area contributed by atoms with Crippen LogP contribution in [0.25, 0.3) is 0 Å². The van der Waals surface area contributed by atoms with E-state index in [0.717, 1.165) is 54.4 Å². The van der Waals surface area contributed by atoms with E-state index in [0.29, 0.717) is 36.3 Å². The van der Waals surface area contributed by atoms with Crippen molar-refractivity contribution in [1.82, 2.24) is 20.2 Å². The number of amides is 1. The van der Waals surface area contributed by atoms with Gasteiger partial charge in [-0.1, -0.05) is 11.6 Å². The van der Waals surface area contributed by atoms with E-state index < -0.39 is 0 Å². The lowest BCUT2D eigenvalue weighted by Crippen LogP contribution is -2.41. The monoisotopic (exact) mass is 508 g/mol. The summed E-state index contributed by atoms with van der Waals surface area (Å²) in [6, 6.07) is 13.3. The number of fused-ring (bicyclic) bond motifs is 6. The number of anilines is 4. The predicted octanol–water partition coefficient (Wildman–Crippen LogP) is 4.35. The highest BCUT2D eigenvalue weighted by Gasteiger charge is 2.25. The van der Waals surface area contributed by atoms with Crippen molar-refractivity contribution in [2.45, 2.75) is 19.4 Å². The summed E-state index contributed by atoms with van der Waals surface area (Å²) in [6.45, 7) is 3.16. The zero-order valence-electron chi connectivity index (χ0n) is 20.1. The van der Waals surface area contributed by atoms with Gasteiger partial charge in [0.15, 0.2) is 11.5 Å². The summed E-state index contributed by atoms with van der Waals surface area (Å²) in [5.41, 5.74) is 2.70. The van der Waals surface area contributed by atoms with Crippen molar-refractivity contribution in [3.63, 3.8) is 0 Å². The molecule has 0 atom stereocenters. The largest absolute Gasteiger partial charge is 0.493 e. The summed E-state index contributed by atoms with van der Waals surface area (Å²) in [5, 5.41) is 10.4. The zero-order valence-corrected chi connectivity index (χ0v) is 20.8. The van der Waals surface area contributed by atoms with Crippen LogP contribution < -0.4 is 25.4 Å². The predicted molar refractivity (Wildman–Crippen MR) is 140 cm³/mol. The van der Waals surface area contributed by atoms with E-state index in [1.165, 1.54) is 6.33 Å². The molecule has 3 N–H and O–H groups in total. The molecular weight excluding hydrogens is 480 g/mol. The molecule has 2 aromatic carbocycles. The van der Waals surface area contributed by atoms with Gasteiger partial charge in [0.2, 0.25) is 5.91 Å². The van der Waals surface area contributed by atoms with E-state index in [-0.39, 0.29) is 11.8 Å². The first kappa shape index (κ1) is 24.1. The van der Waals surface area contributed by atoms with E-state index in [4.69, 9.17) is 21.1 Å². The van der Waals surface area contributed by atoms with E-state index in [1.807, 2.05) is 42.5 Å². The highest BCUT2D eigenvalue weighted by Crippen LogP contribution is 2.32. The molecule has 3 aliphatic rings. The van der Waals surface area contributed by atoms with Gasteiger partial charge in [-0.15, -0.1) is 0 Å². The minimum Gasteiger partial charge on any atom is -0.493 e. The van der Waals surface area contributed by atoms with Gasteiger partial charge in [-0.3, -0.25) is 9.69 Å². The number of nitrogens with one attached hydrogen (secondary N) is 3. The van der Waals surface area contributed by atoms with Crippen molar-refractivity contribution >= 4 is 40.5 Å². The van der Waals surface area contributed by atoms with Crippen LogP contribution in [0, 0.1) is 5.92 Å². The second kappa shape index (κ2) is 11.0. The Morgan fingerprint density at radius 3 is 2.50 bits per heavy atom. The third kappa shape index (κ3) is 5.80. The first-order valence-corrected chi connectivity index (χ1v) is 12.4. The lowest BCUT2D eigenvalue weighted by atomic mass is 9.95. The van der Waals surface area contributed by atoms with Crippen molar-refractivity contribution in [2.75, 3.05) is 44.0 Å². The van der Waals surface area contributed by atoms with Crippen molar-refractivity contribution < 1.29 is 14.3 Å². The normalized spacial score (nSPS) is 20.1. The fraction of sp³-hybridized carbons (Fsp3) is 0.346. The van der Waals surface area contributed by atoms with Crippen LogP contribution in [-0.4, -0.2) is 54.1 Å². The Morgan fingerprint density at radius 1 is 1.03 bits per heavy atom. The van der Waals surface area contributed by atoms with Crippen LogP contribution in [0.4, 0.5) is 23.0 Å². The van der Waals surface area contributed by atoms with Crippen molar-refractivity contribution in [2.24, 2.45) is 5.92 Å². The van der Waals surface area contributed by atoms with E-state index in [2.05, 4.69) is 30.8 Å². The minimum atomic E-state index is 0.00534. The lowest BCUT2D eigenvalue weighted by molar-refractivity contribution is -0.126. The van der Waals surface area contributed by atoms with Crippen LogP contribution in [0.5, 0.6) is 11.5 Å². The Morgan fingerprint density at radius 2 is 1.75 bits per heavy atom. The molecule has 0 spiro atoms. The molecule has 1 aromatic heterocycles. The zero-order chi connectivity index (χ0) is 24.9. The molecule has 3 aromatic rings. The molecule has 1 amide bonds. The van der Waals surface area contributed by atoms with Crippen LogP contribution in [0.15, 0.2) is 48.8 Å². The molecule has 9 nitrogen and oxygen atoms in total. The van der Waals surface area contributed by atoms with Crippen LogP contribution in [0.1, 0.15) is 18.4 Å². The van der Waals surface area contributed by atoms with Gasteiger partial charge in [-0.25, -0.2) is 9.97 Å². The molecule has 4 heterocycles. The molecule has 6 rings (SSSR count). The first-order valence-electron chi connectivity index (χ1n) is 12.0. The summed E-state index contributed by atoms with van der Waals surface area (Å²) in [4.78, 5) is 23.7. The quantitative estimate of drug-likeness (QED) is 0.446. The molecule has 10 heteroatoms. The number of methoxy groups -OCH3 is 1. The number of hydrogen-bond donors (Lipinski definition) is 3. The first-order chi connectivity index (χ1) is 17.6. The van der Waals surface area contributed by atoms with E-state index >= 15 is 0 Å². The van der Waals surface area contributed by atoms with Crippen LogP contribution in [-0.2, 0) is 11.3 Å². The summed E-state index contributed by atoms with van der Waals surface area (Å²) in [6.07, 6.45) is 3.13. The second-order valence-corrected chi connectivity index (χ2v) is 9.31. The van der Waals surface area contributed by atoms with Crippen LogP contribution >= 0.6 is 11.6 Å². The topological polar surface area (TPSA) is 101 Å². The number of rotatable bonds is 1. The third-order valence-corrected chi connectivity index (χ3v) is 6.80. The number of benzene rings is 2. The SMILES string of the molecule is COc1ccc2cc1OCCNC(=O)C1CCN(CC1)Cc1cc(ccc1Cl)Nc1cc(ncn1)N2. The molecule has 0 saturated carbocycles.